The van der Waals surface area contributed by atoms with Gasteiger partial charge in [-0.25, -0.2) is 0 Å². The maximum Gasteiger partial charge on any atom is 0.302 e. The number of carbonyl (C=O) groups excluding carboxylic acids is 2. The molecule has 0 atom stereocenters. The lowest BCUT2D eigenvalue weighted by Crippen LogP contribution is -2.18. The molecule has 0 saturated carbocycles. The zero-order valence-electron chi connectivity index (χ0n) is 12.6. The van der Waals surface area contributed by atoms with E-state index in [1.165, 1.54) is 6.92 Å². The first-order chi connectivity index (χ1) is 10.1. The lowest BCUT2D eigenvalue weighted by Gasteiger charge is -2.11. The highest BCUT2D eigenvalue weighted by Gasteiger charge is 2.07. The van der Waals surface area contributed by atoms with Crippen LogP contribution in [0.5, 0.6) is 11.5 Å². The van der Waals surface area contributed by atoms with Gasteiger partial charge < -0.3 is 19.5 Å². The number of hydrogen-bond acceptors (Lipinski definition) is 5. The number of nitrogens with one attached hydrogen (secondary N) is 1. The molecular weight excluding hydrogens is 274 g/mol. The van der Waals surface area contributed by atoms with Crippen LogP contribution in [0.2, 0.25) is 0 Å². The summed E-state index contributed by atoms with van der Waals surface area (Å²) in [4.78, 5) is 21.9. The van der Waals surface area contributed by atoms with Crippen molar-refractivity contribution >= 4 is 11.9 Å². The average Bonchev–Trinajstić information content (AvgIpc) is 2.49. The van der Waals surface area contributed by atoms with Gasteiger partial charge in [0.2, 0.25) is 5.91 Å². The predicted molar refractivity (Wildman–Crippen MR) is 77.3 cm³/mol. The molecule has 116 valence electrons. The van der Waals surface area contributed by atoms with Crippen molar-refractivity contribution in [3.8, 4) is 11.5 Å². The van der Waals surface area contributed by atoms with E-state index in [4.69, 9.17) is 14.2 Å². The molecule has 1 aromatic rings. The van der Waals surface area contributed by atoms with Crippen molar-refractivity contribution in [1.82, 2.24) is 5.32 Å². The van der Waals surface area contributed by atoms with Crippen LogP contribution in [0.15, 0.2) is 18.2 Å². The molecule has 0 fully saturated rings. The van der Waals surface area contributed by atoms with E-state index in [0.29, 0.717) is 30.9 Å². The fourth-order valence-electron chi connectivity index (χ4n) is 1.66. The van der Waals surface area contributed by atoms with Gasteiger partial charge in [-0.15, -0.1) is 0 Å². The van der Waals surface area contributed by atoms with Crippen molar-refractivity contribution in [2.24, 2.45) is 0 Å². The molecule has 6 nitrogen and oxygen atoms in total. The molecule has 1 rings (SSSR count). The van der Waals surface area contributed by atoms with E-state index >= 15 is 0 Å². The lowest BCUT2D eigenvalue weighted by molar-refractivity contribution is -0.142. The molecular formula is C15H21NO5. The molecule has 0 radical (unpaired) electrons. The van der Waals surface area contributed by atoms with Crippen LogP contribution in [-0.2, 0) is 20.9 Å². The van der Waals surface area contributed by atoms with Gasteiger partial charge in [0.25, 0.3) is 0 Å². The Balaban J connectivity index is 2.52. The summed E-state index contributed by atoms with van der Waals surface area (Å²) in [6.45, 7) is 1.96. The Morgan fingerprint density at radius 1 is 1.29 bits per heavy atom. The quantitative estimate of drug-likeness (QED) is 0.583. The maximum atomic E-state index is 11.1. The number of ether oxygens (including phenoxy) is 3. The monoisotopic (exact) mass is 295 g/mol. The van der Waals surface area contributed by atoms with Crippen LogP contribution >= 0.6 is 0 Å². The van der Waals surface area contributed by atoms with E-state index in [1.54, 1.807) is 32.4 Å². The molecule has 6 heteroatoms. The Kier molecular flexibility index (Phi) is 7.08. The first kappa shape index (κ1) is 16.8. The van der Waals surface area contributed by atoms with Crippen LogP contribution in [0, 0.1) is 0 Å². The van der Waals surface area contributed by atoms with Crippen LogP contribution in [0.3, 0.4) is 0 Å². The van der Waals surface area contributed by atoms with Crippen molar-refractivity contribution < 1.29 is 23.8 Å². The van der Waals surface area contributed by atoms with Crippen LogP contribution in [-0.4, -0.2) is 32.6 Å². The van der Waals surface area contributed by atoms with Gasteiger partial charge in [-0.3, -0.25) is 9.59 Å². The standard InChI is InChI=1S/C15H21NO5/c1-11(17)21-10-12-6-7-13(9-14(12)19-3)20-8-4-5-15(18)16-2/h6-7,9H,4-5,8,10H2,1-3H3,(H,16,18). The van der Waals surface area contributed by atoms with Gasteiger partial charge in [0, 0.05) is 32.0 Å². The van der Waals surface area contributed by atoms with E-state index in [0.717, 1.165) is 5.56 Å². The molecule has 0 aliphatic heterocycles. The summed E-state index contributed by atoms with van der Waals surface area (Å²) in [6, 6.07) is 5.30. The van der Waals surface area contributed by atoms with Crippen molar-refractivity contribution in [2.75, 3.05) is 20.8 Å². The summed E-state index contributed by atoms with van der Waals surface area (Å²) in [7, 11) is 3.15. The fraction of sp³-hybridized carbons (Fsp3) is 0.467. The normalized spacial score (nSPS) is 9.86. The molecule has 0 aromatic heterocycles. The SMILES string of the molecule is CNC(=O)CCCOc1ccc(COC(C)=O)c(OC)c1. The van der Waals surface area contributed by atoms with Crippen LogP contribution in [0.1, 0.15) is 25.3 Å². The molecule has 0 bridgehead atoms. The van der Waals surface area contributed by atoms with E-state index < -0.39 is 0 Å². The number of carbonyl (C=O) groups is 2. The minimum atomic E-state index is -0.341. The molecule has 21 heavy (non-hydrogen) atoms. The zero-order valence-corrected chi connectivity index (χ0v) is 12.6. The van der Waals surface area contributed by atoms with Crippen LogP contribution < -0.4 is 14.8 Å². The number of benzene rings is 1. The van der Waals surface area contributed by atoms with Gasteiger partial charge in [0.05, 0.1) is 13.7 Å². The largest absolute Gasteiger partial charge is 0.496 e. The van der Waals surface area contributed by atoms with Crippen LogP contribution in [0.4, 0.5) is 0 Å². The summed E-state index contributed by atoms with van der Waals surface area (Å²) in [6.07, 6.45) is 1.06. The Morgan fingerprint density at radius 2 is 2.05 bits per heavy atom. The third-order valence-electron chi connectivity index (χ3n) is 2.79. The summed E-state index contributed by atoms with van der Waals surface area (Å²) in [5.74, 6) is 0.898. The van der Waals surface area contributed by atoms with Crippen molar-refractivity contribution in [1.29, 1.82) is 0 Å². The minimum absolute atomic E-state index is 0.00656. The lowest BCUT2D eigenvalue weighted by atomic mass is 10.2. The molecule has 1 amide bonds. The topological polar surface area (TPSA) is 73.9 Å². The van der Waals surface area contributed by atoms with E-state index in [-0.39, 0.29) is 18.5 Å². The first-order valence-electron chi connectivity index (χ1n) is 6.70. The molecule has 0 saturated heterocycles. The predicted octanol–water partition coefficient (Wildman–Crippen LogP) is 1.66. The summed E-state index contributed by atoms with van der Waals surface area (Å²) >= 11 is 0. The van der Waals surface area contributed by atoms with Crippen molar-refractivity contribution in [2.45, 2.75) is 26.4 Å². The third kappa shape index (κ3) is 6.16. The average molecular weight is 295 g/mol. The first-order valence-corrected chi connectivity index (χ1v) is 6.70. The summed E-state index contributed by atoms with van der Waals surface area (Å²) in [5.41, 5.74) is 0.769. The summed E-state index contributed by atoms with van der Waals surface area (Å²) < 4.78 is 15.7. The zero-order chi connectivity index (χ0) is 15.7. The molecule has 1 N–H and O–H groups in total. The van der Waals surface area contributed by atoms with E-state index in [9.17, 15) is 9.59 Å². The highest BCUT2D eigenvalue weighted by molar-refractivity contribution is 5.75. The Labute approximate surface area is 124 Å². The number of hydrogen-bond donors (Lipinski definition) is 1. The number of methoxy groups -OCH3 is 1. The number of amides is 1. The second-order valence-corrected chi connectivity index (χ2v) is 4.38. The van der Waals surface area contributed by atoms with Gasteiger partial charge in [-0.2, -0.15) is 0 Å². The fourth-order valence-corrected chi connectivity index (χ4v) is 1.66. The van der Waals surface area contributed by atoms with Gasteiger partial charge >= 0.3 is 5.97 Å². The highest BCUT2D eigenvalue weighted by Crippen LogP contribution is 2.25. The molecule has 1 aromatic carbocycles. The minimum Gasteiger partial charge on any atom is -0.496 e. The van der Waals surface area contributed by atoms with Gasteiger partial charge in [-0.05, 0) is 18.6 Å². The molecule has 0 heterocycles. The highest BCUT2D eigenvalue weighted by atomic mass is 16.5. The van der Waals surface area contributed by atoms with Crippen molar-refractivity contribution in [3.05, 3.63) is 23.8 Å². The Hall–Kier alpha value is -2.24. The maximum absolute atomic E-state index is 11.1. The second-order valence-electron chi connectivity index (χ2n) is 4.38. The van der Waals surface area contributed by atoms with E-state index in [2.05, 4.69) is 5.32 Å². The van der Waals surface area contributed by atoms with Crippen molar-refractivity contribution in [3.63, 3.8) is 0 Å². The number of esters is 1. The number of rotatable bonds is 8. The molecule has 0 unspecified atom stereocenters. The van der Waals surface area contributed by atoms with Gasteiger partial charge in [0.15, 0.2) is 0 Å². The molecule has 0 aliphatic rings. The van der Waals surface area contributed by atoms with Gasteiger partial charge in [0.1, 0.15) is 18.1 Å². The second kappa shape index (κ2) is 8.84. The Bertz CT molecular complexity index is 487. The van der Waals surface area contributed by atoms with E-state index in [1.807, 2.05) is 0 Å². The smallest absolute Gasteiger partial charge is 0.302 e. The molecule has 0 aliphatic carbocycles. The Morgan fingerprint density at radius 3 is 2.67 bits per heavy atom. The van der Waals surface area contributed by atoms with Crippen LogP contribution in [0.25, 0.3) is 0 Å². The van der Waals surface area contributed by atoms with Gasteiger partial charge in [-0.1, -0.05) is 0 Å². The summed E-state index contributed by atoms with van der Waals surface area (Å²) in [5, 5.41) is 2.56. The third-order valence-corrected chi connectivity index (χ3v) is 2.79. The molecule has 0 spiro atoms.